The second-order valence-electron chi connectivity index (χ2n) is 5.39. The molecule has 1 aromatic rings. The van der Waals surface area contributed by atoms with Crippen molar-refractivity contribution in [3.8, 4) is 0 Å². The Bertz CT molecular complexity index is 463. The van der Waals surface area contributed by atoms with E-state index in [0.717, 1.165) is 0 Å². The Morgan fingerprint density at radius 2 is 2.00 bits per heavy atom. The molecule has 0 fully saturated rings. The quantitative estimate of drug-likeness (QED) is 0.920. The van der Waals surface area contributed by atoms with Gasteiger partial charge in [0.2, 0.25) is 11.8 Å². The van der Waals surface area contributed by atoms with Gasteiger partial charge in [-0.15, -0.1) is 0 Å². The summed E-state index contributed by atoms with van der Waals surface area (Å²) in [5.41, 5.74) is -0.495. The van der Waals surface area contributed by atoms with E-state index in [4.69, 9.17) is 4.42 Å². The van der Waals surface area contributed by atoms with Crippen molar-refractivity contribution in [1.82, 2.24) is 10.2 Å². The van der Waals surface area contributed by atoms with Gasteiger partial charge in [0, 0.05) is 12.5 Å². The third-order valence-electron chi connectivity index (χ3n) is 2.53. The van der Waals surface area contributed by atoms with Crippen LogP contribution < -0.4 is 5.32 Å². The molecule has 0 saturated carbocycles. The summed E-state index contributed by atoms with van der Waals surface area (Å²) in [6, 6.07) is 3.57. The molecule has 106 valence electrons. The fraction of sp³-hybridized carbons (Fsp3) is 0.538. The number of likely N-dealkylation sites (N-methyl/N-ethyl adjacent to an activating group) is 1. The Balaban J connectivity index is 2.43. The highest BCUT2D eigenvalue weighted by Crippen LogP contribution is 2.15. The summed E-state index contributed by atoms with van der Waals surface area (Å²) in [5, 5.41) is 2.62. The highest BCUT2D eigenvalue weighted by Gasteiger charge is 2.22. The molecule has 1 heterocycles. The van der Waals surface area contributed by atoms with Crippen LogP contribution in [-0.2, 0) is 16.1 Å². The van der Waals surface area contributed by atoms with Gasteiger partial charge in [0.1, 0.15) is 5.76 Å². The Hall–Kier alpha value is -1.30. The molecule has 19 heavy (non-hydrogen) atoms. The maximum absolute atomic E-state index is 11.8. The van der Waals surface area contributed by atoms with E-state index in [0.29, 0.717) is 17.0 Å². The number of nitrogens with zero attached hydrogens (tertiary/aromatic N) is 1. The minimum absolute atomic E-state index is 0.00547. The number of carbonyl (C=O) groups is 2. The molecule has 5 nitrogen and oxygen atoms in total. The van der Waals surface area contributed by atoms with Gasteiger partial charge in [0.05, 0.1) is 13.1 Å². The smallest absolute Gasteiger partial charge is 0.242 e. The third kappa shape index (κ3) is 5.06. The zero-order chi connectivity index (χ0) is 14.6. The van der Waals surface area contributed by atoms with Gasteiger partial charge >= 0.3 is 0 Å². The normalized spacial score (nSPS) is 11.2. The molecule has 0 aliphatic carbocycles. The first kappa shape index (κ1) is 15.8. The lowest BCUT2D eigenvalue weighted by Gasteiger charge is -2.20. The SMILES string of the molecule is CN(Cc1ccc(Br)o1)C(=O)CNC(=O)C(C)(C)C. The zero-order valence-electron chi connectivity index (χ0n) is 11.6. The molecule has 0 unspecified atom stereocenters. The number of hydrogen-bond acceptors (Lipinski definition) is 3. The van der Waals surface area contributed by atoms with Gasteiger partial charge in [-0.25, -0.2) is 0 Å². The molecule has 0 radical (unpaired) electrons. The van der Waals surface area contributed by atoms with Crippen molar-refractivity contribution in [1.29, 1.82) is 0 Å². The lowest BCUT2D eigenvalue weighted by Crippen LogP contribution is -2.42. The molecule has 0 aliphatic heterocycles. The maximum atomic E-state index is 11.8. The second-order valence-corrected chi connectivity index (χ2v) is 6.17. The Kier molecular flexibility index (Phi) is 5.17. The van der Waals surface area contributed by atoms with Gasteiger partial charge in [-0.1, -0.05) is 20.8 Å². The predicted octanol–water partition coefficient (Wildman–Crippen LogP) is 2.16. The largest absolute Gasteiger partial charge is 0.452 e. The van der Waals surface area contributed by atoms with Gasteiger partial charge in [-0.3, -0.25) is 9.59 Å². The minimum Gasteiger partial charge on any atom is -0.452 e. The molecule has 0 bridgehead atoms. The van der Waals surface area contributed by atoms with Crippen LogP contribution in [-0.4, -0.2) is 30.3 Å². The number of rotatable bonds is 4. The van der Waals surface area contributed by atoms with Gasteiger partial charge in [0.15, 0.2) is 4.67 Å². The van der Waals surface area contributed by atoms with Crippen molar-refractivity contribution in [3.05, 3.63) is 22.6 Å². The molecule has 1 rings (SSSR count). The molecular weight excluding hydrogens is 312 g/mol. The second kappa shape index (κ2) is 6.23. The Morgan fingerprint density at radius 3 is 2.47 bits per heavy atom. The van der Waals surface area contributed by atoms with Gasteiger partial charge in [-0.05, 0) is 28.1 Å². The molecule has 1 N–H and O–H groups in total. The number of amides is 2. The highest BCUT2D eigenvalue weighted by atomic mass is 79.9. The Labute approximate surface area is 121 Å². The summed E-state index contributed by atoms with van der Waals surface area (Å²) >= 11 is 3.20. The van der Waals surface area contributed by atoms with Crippen molar-refractivity contribution in [3.63, 3.8) is 0 Å². The topological polar surface area (TPSA) is 62.6 Å². The van der Waals surface area contributed by atoms with E-state index in [2.05, 4.69) is 21.2 Å². The first-order chi connectivity index (χ1) is 8.70. The van der Waals surface area contributed by atoms with E-state index in [1.54, 1.807) is 40.0 Å². The van der Waals surface area contributed by atoms with E-state index >= 15 is 0 Å². The molecule has 1 aromatic heterocycles. The summed E-state index contributed by atoms with van der Waals surface area (Å²) < 4.78 is 5.95. The van der Waals surface area contributed by atoms with Crippen molar-refractivity contribution < 1.29 is 14.0 Å². The highest BCUT2D eigenvalue weighted by molar-refractivity contribution is 9.10. The van der Waals surface area contributed by atoms with Crippen LogP contribution in [0.1, 0.15) is 26.5 Å². The molecule has 6 heteroatoms. The zero-order valence-corrected chi connectivity index (χ0v) is 13.2. The molecule has 0 aliphatic rings. The fourth-order valence-electron chi connectivity index (χ4n) is 1.31. The van der Waals surface area contributed by atoms with E-state index < -0.39 is 5.41 Å². The number of halogens is 1. The lowest BCUT2D eigenvalue weighted by molar-refractivity contribution is -0.134. The average Bonchev–Trinajstić information content (AvgIpc) is 2.69. The van der Waals surface area contributed by atoms with Gasteiger partial charge in [-0.2, -0.15) is 0 Å². The van der Waals surface area contributed by atoms with Crippen LogP contribution in [0.25, 0.3) is 0 Å². The predicted molar refractivity (Wildman–Crippen MR) is 75.3 cm³/mol. The maximum Gasteiger partial charge on any atom is 0.242 e. The summed E-state index contributed by atoms with van der Waals surface area (Å²) in [6.07, 6.45) is 0. The molecule has 0 saturated heterocycles. The van der Waals surface area contributed by atoms with Crippen molar-refractivity contribution >= 4 is 27.7 Å². The lowest BCUT2D eigenvalue weighted by atomic mass is 9.96. The van der Waals surface area contributed by atoms with E-state index in [1.807, 2.05) is 0 Å². The average molecular weight is 331 g/mol. The summed E-state index contributed by atoms with van der Waals surface area (Å²) in [7, 11) is 1.67. The van der Waals surface area contributed by atoms with Gasteiger partial charge < -0.3 is 14.6 Å². The molecule has 0 atom stereocenters. The van der Waals surface area contributed by atoms with Crippen LogP contribution in [0.15, 0.2) is 21.2 Å². The van der Waals surface area contributed by atoms with Crippen molar-refractivity contribution in [2.45, 2.75) is 27.3 Å². The molecule has 2 amide bonds. The minimum atomic E-state index is -0.495. The van der Waals surface area contributed by atoms with Crippen molar-refractivity contribution in [2.24, 2.45) is 5.41 Å². The first-order valence-electron chi connectivity index (χ1n) is 5.96. The number of carbonyl (C=O) groups excluding carboxylic acids is 2. The number of furan rings is 1. The molecular formula is C13H19BrN2O3. The first-order valence-corrected chi connectivity index (χ1v) is 6.76. The number of hydrogen-bond donors (Lipinski definition) is 1. The van der Waals surface area contributed by atoms with Crippen LogP contribution in [0.2, 0.25) is 0 Å². The van der Waals surface area contributed by atoms with Crippen LogP contribution >= 0.6 is 15.9 Å². The summed E-state index contributed by atoms with van der Waals surface area (Å²) in [6.45, 7) is 5.77. The standard InChI is InChI=1S/C13H19BrN2O3/c1-13(2,3)12(18)15-7-11(17)16(4)8-9-5-6-10(14)19-9/h5-6H,7-8H2,1-4H3,(H,15,18). The van der Waals surface area contributed by atoms with Crippen LogP contribution in [0.4, 0.5) is 0 Å². The van der Waals surface area contributed by atoms with Crippen LogP contribution in [0, 0.1) is 5.41 Å². The molecule has 0 aromatic carbocycles. The van der Waals surface area contributed by atoms with Crippen LogP contribution in [0.5, 0.6) is 0 Å². The van der Waals surface area contributed by atoms with Gasteiger partial charge in [0.25, 0.3) is 0 Å². The fourth-order valence-corrected chi connectivity index (χ4v) is 1.65. The third-order valence-corrected chi connectivity index (χ3v) is 2.96. The number of nitrogens with one attached hydrogen (secondary N) is 1. The van der Waals surface area contributed by atoms with E-state index in [-0.39, 0.29) is 18.4 Å². The van der Waals surface area contributed by atoms with Crippen LogP contribution in [0.3, 0.4) is 0 Å². The summed E-state index contributed by atoms with van der Waals surface area (Å²) in [5.74, 6) is 0.380. The monoisotopic (exact) mass is 330 g/mol. The van der Waals surface area contributed by atoms with Crippen molar-refractivity contribution in [2.75, 3.05) is 13.6 Å². The Morgan fingerprint density at radius 1 is 1.37 bits per heavy atom. The summed E-state index contributed by atoms with van der Waals surface area (Å²) in [4.78, 5) is 25.0. The van der Waals surface area contributed by atoms with E-state index in [9.17, 15) is 9.59 Å². The van der Waals surface area contributed by atoms with E-state index in [1.165, 1.54) is 4.90 Å². The molecule has 0 spiro atoms.